The number of thioether (sulfide) groups is 1. The topological polar surface area (TPSA) is 118 Å². The van der Waals surface area contributed by atoms with Gasteiger partial charge in [0.1, 0.15) is 16.9 Å². The number of furan rings is 1. The Balaban J connectivity index is 1.51. The molecule has 2 heterocycles. The third kappa shape index (κ3) is 5.75. The number of rotatable bonds is 9. The molecule has 36 heavy (non-hydrogen) atoms. The summed E-state index contributed by atoms with van der Waals surface area (Å²) in [5.41, 5.74) is 1.50. The van der Waals surface area contributed by atoms with Crippen LogP contribution in [0.1, 0.15) is 40.9 Å². The fourth-order valence-corrected chi connectivity index (χ4v) is 6.26. The second kappa shape index (κ2) is 10.8. The highest BCUT2D eigenvalue weighted by Crippen LogP contribution is 2.39. The minimum Gasteiger partial charge on any atom is -0.495 e. The lowest BCUT2D eigenvalue weighted by molar-refractivity contribution is -0.128. The minimum absolute atomic E-state index is 0.0159. The summed E-state index contributed by atoms with van der Waals surface area (Å²) in [6, 6.07) is 14.6. The maximum absolute atomic E-state index is 13.0. The Kier molecular flexibility index (Phi) is 7.72. The smallest absolute Gasteiger partial charge is 0.255 e. The molecule has 0 radical (unpaired) electrons. The molecule has 2 aromatic carbocycles. The van der Waals surface area contributed by atoms with E-state index in [2.05, 4.69) is 10.0 Å². The van der Waals surface area contributed by atoms with E-state index in [9.17, 15) is 18.0 Å². The summed E-state index contributed by atoms with van der Waals surface area (Å²) < 4.78 is 38.3. The monoisotopic (exact) mass is 529 g/mol. The third-order valence-electron chi connectivity index (χ3n) is 5.45. The summed E-state index contributed by atoms with van der Waals surface area (Å²) in [7, 11) is -2.31. The predicted octanol–water partition coefficient (Wildman–Crippen LogP) is 4.00. The van der Waals surface area contributed by atoms with Crippen molar-refractivity contribution in [2.24, 2.45) is 0 Å². The molecule has 0 bridgehead atoms. The van der Waals surface area contributed by atoms with Crippen LogP contribution in [0.5, 0.6) is 5.75 Å². The first-order chi connectivity index (χ1) is 17.2. The zero-order valence-corrected chi connectivity index (χ0v) is 21.7. The Hall–Kier alpha value is -3.28. The van der Waals surface area contributed by atoms with Gasteiger partial charge in [-0.1, -0.05) is 12.1 Å². The largest absolute Gasteiger partial charge is 0.495 e. The summed E-state index contributed by atoms with van der Waals surface area (Å²) in [6.45, 7) is 3.82. The van der Waals surface area contributed by atoms with Crippen LogP contribution in [0.4, 0.5) is 5.69 Å². The van der Waals surface area contributed by atoms with Crippen LogP contribution in [-0.4, -0.2) is 44.0 Å². The third-order valence-corrected chi connectivity index (χ3v) is 8.36. The molecule has 0 aliphatic carbocycles. The number of sulfonamides is 1. The lowest BCUT2D eigenvalue weighted by atomic mass is 10.1. The minimum atomic E-state index is -3.75. The molecule has 1 aliphatic rings. The molecule has 1 saturated heterocycles. The van der Waals surface area contributed by atoms with Gasteiger partial charge >= 0.3 is 0 Å². The average Bonchev–Trinajstić information content (AvgIpc) is 3.48. The molecule has 9 nitrogen and oxygen atoms in total. The number of carbonyl (C=O) groups is 2. The Bertz CT molecular complexity index is 1340. The van der Waals surface area contributed by atoms with Crippen molar-refractivity contribution >= 4 is 39.3 Å². The van der Waals surface area contributed by atoms with E-state index < -0.39 is 15.9 Å². The molecular weight excluding hydrogens is 502 g/mol. The van der Waals surface area contributed by atoms with Crippen molar-refractivity contribution in [2.45, 2.75) is 36.7 Å². The normalized spacial score (nSPS) is 15.9. The summed E-state index contributed by atoms with van der Waals surface area (Å²) in [6.07, 6.45) is 1.58. The lowest BCUT2D eigenvalue weighted by Gasteiger charge is -2.23. The number of hydrogen-bond donors (Lipinski definition) is 2. The van der Waals surface area contributed by atoms with Crippen molar-refractivity contribution in [3.8, 4) is 5.75 Å². The molecule has 2 N–H and O–H groups in total. The summed E-state index contributed by atoms with van der Waals surface area (Å²) in [5.74, 6) is 1.01. The van der Waals surface area contributed by atoms with E-state index in [4.69, 9.17) is 9.15 Å². The highest BCUT2D eigenvalue weighted by atomic mass is 32.2. The first kappa shape index (κ1) is 25.8. The van der Waals surface area contributed by atoms with E-state index in [1.165, 1.54) is 37.1 Å². The number of ether oxygens (including phenoxy) is 1. The quantitative estimate of drug-likeness (QED) is 0.430. The predicted molar refractivity (Wildman–Crippen MR) is 137 cm³/mol. The van der Waals surface area contributed by atoms with Crippen LogP contribution in [0, 0.1) is 0 Å². The molecule has 3 aromatic rings. The van der Waals surface area contributed by atoms with Crippen LogP contribution in [0.25, 0.3) is 0 Å². The number of amides is 2. The molecule has 0 saturated carbocycles. The van der Waals surface area contributed by atoms with Crippen LogP contribution in [0.3, 0.4) is 0 Å². The molecule has 2 amide bonds. The van der Waals surface area contributed by atoms with Crippen molar-refractivity contribution in [1.82, 2.24) is 9.62 Å². The van der Waals surface area contributed by atoms with Crippen molar-refractivity contribution in [3.05, 3.63) is 77.7 Å². The first-order valence-electron chi connectivity index (χ1n) is 11.2. The van der Waals surface area contributed by atoms with Crippen molar-refractivity contribution < 1.29 is 27.2 Å². The van der Waals surface area contributed by atoms with Crippen LogP contribution < -0.4 is 14.8 Å². The fourth-order valence-electron chi connectivity index (χ4n) is 3.80. The van der Waals surface area contributed by atoms with Crippen molar-refractivity contribution in [2.75, 3.05) is 18.2 Å². The van der Waals surface area contributed by atoms with Crippen molar-refractivity contribution in [1.29, 1.82) is 0 Å². The summed E-state index contributed by atoms with van der Waals surface area (Å²) >= 11 is 1.52. The second-order valence-corrected chi connectivity index (χ2v) is 11.3. The Labute approximate surface area is 214 Å². The zero-order chi connectivity index (χ0) is 25.9. The SMILES string of the molecule is COc1ccc(S(=O)(=O)NC(C)C)cc1NC(=O)c1ccc([C@H]2SCC(=O)N2Cc2ccco2)cc1. The Morgan fingerprint density at radius 1 is 1.19 bits per heavy atom. The van der Waals surface area contributed by atoms with E-state index in [-0.39, 0.29) is 27.9 Å². The van der Waals surface area contributed by atoms with Gasteiger partial charge in [-0.15, -0.1) is 11.8 Å². The van der Waals surface area contributed by atoms with Gasteiger partial charge in [-0.25, -0.2) is 13.1 Å². The number of carbonyl (C=O) groups excluding carboxylic acids is 2. The number of anilines is 1. The number of nitrogens with zero attached hydrogens (tertiary/aromatic N) is 1. The van der Waals surface area contributed by atoms with Crippen LogP contribution in [0.2, 0.25) is 0 Å². The molecule has 11 heteroatoms. The van der Waals surface area contributed by atoms with Gasteiger partial charge in [0.15, 0.2) is 0 Å². The van der Waals surface area contributed by atoms with E-state index in [0.29, 0.717) is 29.4 Å². The summed E-state index contributed by atoms with van der Waals surface area (Å²) in [5, 5.41) is 2.55. The molecule has 1 aromatic heterocycles. The van der Waals surface area contributed by atoms with E-state index in [0.717, 1.165) is 5.56 Å². The van der Waals surface area contributed by atoms with Crippen LogP contribution in [0.15, 0.2) is 70.2 Å². The fraction of sp³-hybridized carbons (Fsp3) is 0.280. The summed E-state index contributed by atoms with van der Waals surface area (Å²) in [4.78, 5) is 27.2. The molecule has 0 unspecified atom stereocenters. The van der Waals surface area contributed by atoms with E-state index >= 15 is 0 Å². The molecule has 1 fully saturated rings. The molecule has 0 spiro atoms. The molecule has 1 atom stereocenters. The molecule has 190 valence electrons. The van der Waals surface area contributed by atoms with Gasteiger partial charge in [-0.05, 0) is 61.9 Å². The highest BCUT2D eigenvalue weighted by Gasteiger charge is 2.33. The van der Waals surface area contributed by atoms with Crippen molar-refractivity contribution in [3.63, 3.8) is 0 Å². The van der Waals surface area contributed by atoms with E-state index in [1.54, 1.807) is 43.2 Å². The Morgan fingerprint density at radius 2 is 1.94 bits per heavy atom. The first-order valence-corrected chi connectivity index (χ1v) is 13.8. The highest BCUT2D eigenvalue weighted by molar-refractivity contribution is 8.00. The zero-order valence-electron chi connectivity index (χ0n) is 20.1. The number of methoxy groups -OCH3 is 1. The lowest BCUT2D eigenvalue weighted by Crippen LogP contribution is -2.30. The van der Waals surface area contributed by atoms with E-state index in [1.807, 2.05) is 18.2 Å². The van der Waals surface area contributed by atoms with Crippen LogP contribution >= 0.6 is 11.8 Å². The van der Waals surface area contributed by atoms with Gasteiger partial charge in [0.25, 0.3) is 5.91 Å². The standard InChI is InChI=1S/C25H27N3O6S2/c1-16(2)27-36(31,32)20-10-11-22(33-3)21(13-20)26-24(30)17-6-8-18(9-7-17)25-28(23(29)15-35-25)14-19-5-4-12-34-19/h4-13,16,25,27H,14-15H2,1-3H3,(H,26,30)/t25-/m1/s1. The maximum Gasteiger partial charge on any atom is 0.255 e. The van der Waals surface area contributed by atoms with Crippen LogP contribution in [-0.2, 0) is 21.4 Å². The van der Waals surface area contributed by atoms with Gasteiger partial charge in [0.05, 0.1) is 36.3 Å². The number of hydrogen-bond acceptors (Lipinski definition) is 7. The van der Waals surface area contributed by atoms with Gasteiger partial charge in [-0.2, -0.15) is 0 Å². The maximum atomic E-state index is 13.0. The van der Waals surface area contributed by atoms with Gasteiger partial charge in [-0.3, -0.25) is 9.59 Å². The molecular formula is C25H27N3O6S2. The number of benzene rings is 2. The van der Waals surface area contributed by atoms with Gasteiger partial charge in [0, 0.05) is 11.6 Å². The molecule has 1 aliphatic heterocycles. The second-order valence-electron chi connectivity index (χ2n) is 8.48. The molecule has 4 rings (SSSR count). The Morgan fingerprint density at radius 3 is 2.58 bits per heavy atom. The average molecular weight is 530 g/mol. The van der Waals surface area contributed by atoms with Gasteiger partial charge < -0.3 is 19.4 Å². The number of nitrogens with one attached hydrogen (secondary N) is 2. The van der Waals surface area contributed by atoms with Gasteiger partial charge in [0.2, 0.25) is 15.9 Å².